The van der Waals surface area contributed by atoms with Crippen LogP contribution >= 0.6 is 0 Å². The van der Waals surface area contributed by atoms with E-state index >= 15 is 0 Å². The lowest BCUT2D eigenvalue weighted by molar-refractivity contribution is 0.668. The van der Waals surface area contributed by atoms with Crippen molar-refractivity contribution >= 4 is 65.7 Å². The summed E-state index contributed by atoms with van der Waals surface area (Å²) in [5.74, 6) is 1.21. The van der Waals surface area contributed by atoms with Crippen molar-refractivity contribution in [1.82, 2.24) is 19.5 Å². The Bertz CT molecular complexity index is 3430. The lowest BCUT2D eigenvalue weighted by Gasteiger charge is -2.10. The van der Waals surface area contributed by atoms with Gasteiger partial charge >= 0.3 is 0 Å². The first kappa shape index (κ1) is 23.3. The third-order valence-corrected chi connectivity index (χ3v) is 9.56. The molecular formula is C45H26N4O2. The average Bonchev–Trinajstić information content (AvgIpc) is 3.91. The third-order valence-electron chi connectivity index (χ3n) is 9.56. The van der Waals surface area contributed by atoms with Gasteiger partial charge in [0.1, 0.15) is 22.3 Å². The molecule has 11 rings (SSSR count). The number of nitrogens with zero attached hydrogens (tertiary/aromatic N) is 4. The molecule has 0 aliphatic rings. The summed E-state index contributed by atoms with van der Waals surface area (Å²) in [7, 11) is 0. The molecule has 6 heteroatoms. The van der Waals surface area contributed by atoms with E-state index in [0.717, 1.165) is 49.0 Å². The maximum Gasteiger partial charge on any atom is 0.167 e. The fraction of sp³-hybridized carbons (Fsp3) is 0. The van der Waals surface area contributed by atoms with E-state index in [0.29, 0.717) is 50.8 Å². The van der Waals surface area contributed by atoms with Crippen LogP contribution in [0.25, 0.3) is 106 Å². The largest absolute Gasteiger partial charge is 0.456 e. The zero-order valence-corrected chi connectivity index (χ0v) is 26.7. The predicted molar refractivity (Wildman–Crippen MR) is 205 cm³/mol. The Morgan fingerprint density at radius 2 is 1.04 bits per heavy atom. The number of benzene rings is 7. The van der Waals surface area contributed by atoms with E-state index in [-0.39, 0.29) is 17.8 Å². The van der Waals surface area contributed by atoms with E-state index in [1.807, 2.05) is 127 Å². The van der Waals surface area contributed by atoms with Crippen molar-refractivity contribution in [2.45, 2.75) is 0 Å². The number of aromatic nitrogens is 4. The van der Waals surface area contributed by atoms with Crippen LogP contribution in [-0.2, 0) is 0 Å². The molecule has 51 heavy (non-hydrogen) atoms. The van der Waals surface area contributed by atoms with Gasteiger partial charge in [-0.2, -0.15) is 0 Å². The van der Waals surface area contributed by atoms with Crippen molar-refractivity contribution in [1.29, 1.82) is 0 Å². The van der Waals surface area contributed by atoms with Crippen LogP contribution in [0.1, 0.15) is 6.85 Å². The molecule has 0 N–H and O–H groups in total. The Labute approximate surface area is 297 Å². The smallest absolute Gasteiger partial charge is 0.167 e. The summed E-state index contributed by atoms with van der Waals surface area (Å²) >= 11 is 0. The predicted octanol–water partition coefficient (Wildman–Crippen LogP) is 11.8. The van der Waals surface area contributed by atoms with Gasteiger partial charge in [0.15, 0.2) is 17.5 Å². The summed E-state index contributed by atoms with van der Waals surface area (Å²) in [6.45, 7) is 0. The van der Waals surface area contributed by atoms with Gasteiger partial charge in [-0.25, -0.2) is 15.0 Å². The number of furan rings is 2. The van der Waals surface area contributed by atoms with Gasteiger partial charge in [-0.1, -0.05) is 103 Å². The Balaban J connectivity index is 1.18. The van der Waals surface area contributed by atoms with Crippen LogP contribution < -0.4 is 0 Å². The van der Waals surface area contributed by atoms with Gasteiger partial charge in [0.2, 0.25) is 0 Å². The Morgan fingerprint density at radius 3 is 1.84 bits per heavy atom. The molecule has 0 saturated carbocycles. The summed E-state index contributed by atoms with van der Waals surface area (Å²) in [6, 6.07) is 39.3. The van der Waals surface area contributed by atoms with Crippen LogP contribution in [0.15, 0.2) is 166 Å². The van der Waals surface area contributed by atoms with Crippen LogP contribution in [-0.4, -0.2) is 19.5 Å². The summed E-state index contributed by atoms with van der Waals surface area (Å²) in [6.07, 6.45) is 0. The number of fused-ring (bicyclic) bond motifs is 9. The molecule has 0 atom stereocenters. The minimum absolute atomic E-state index is 0.0621. The van der Waals surface area contributed by atoms with E-state index in [4.69, 9.17) is 30.6 Å². The zero-order chi connectivity index (χ0) is 37.8. The highest BCUT2D eigenvalue weighted by Gasteiger charge is 2.20. The van der Waals surface area contributed by atoms with Gasteiger partial charge in [0, 0.05) is 49.1 Å². The van der Waals surface area contributed by atoms with Gasteiger partial charge in [-0.05, 0) is 54.5 Å². The number of rotatable bonds is 4. The first-order valence-electron chi connectivity index (χ1n) is 19.0. The average molecular weight is 660 g/mol. The maximum absolute atomic E-state index is 8.88. The van der Waals surface area contributed by atoms with Gasteiger partial charge < -0.3 is 13.4 Å². The van der Waals surface area contributed by atoms with Crippen molar-refractivity contribution in [3.63, 3.8) is 0 Å². The molecule has 0 saturated heterocycles. The van der Waals surface area contributed by atoms with E-state index in [2.05, 4.69) is 0 Å². The molecule has 0 spiro atoms. The Kier molecular flexibility index (Phi) is 4.91. The van der Waals surface area contributed by atoms with Gasteiger partial charge in [0.05, 0.1) is 23.5 Å². The molecule has 7 aromatic carbocycles. The minimum Gasteiger partial charge on any atom is -0.456 e. The molecule has 4 heterocycles. The second-order valence-corrected chi connectivity index (χ2v) is 12.5. The second kappa shape index (κ2) is 10.7. The van der Waals surface area contributed by atoms with Gasteiger partial charge in [-0.15, -0.1) is 0 Å². The molecular weight excluding hydrogens is 629 g/mol. The minimum atomic E-state index is -0.448. The molecule has 238 valence electrons. The quantitative estimate of drug-likeness (QED) is 0.188. The molecule has 0 unspecified atom stereocenters. The highest BCUT2D eigenvalue weighted by Crippen LogP contribution is 2.38. The molecule has 0 amide bonds. The summed E-state index contributed by atoms with van der Waals surface area (Å²) in [4.78, 5) is 15.2. The van der Waals surface area contributed by atoms with Crippen LogP contribution in [0.5, 0.6) is 0 Å². The van der Waals surface area contributed by atoms with E-state index in [9.17, 15) is 0 Å². The van der Waals surface area contributed by atoms with Crippen molar-refractivity contribution in [3.8, 4) is 39.9 Å². The molecule has 0 bridgehead atoms. The van der Waals surface area contributed by atoms with E-state index < -0.39 is 18.1 Å². The monoisotopic (exact) mass is 659 g/mol. The standard InChI is InChI=1S/C45H26N4O2/c1-2-11-29(12-3-1)49-37-18-7-4-13-30(37)31-23-21-27(25-38(31)49)43-46-44(28-22-24-34-32-14-5-8-19-39(32)50-41(34)26-28)48-45(47-43)36-17-10-16-35-33-15-6-9-20-40(33)51-42(35)36/h1-26H/i1D,2D,3D,11D,12D. The first-order chi connectivity index (χ1) is 27.3. The zero-order valence-electron chi connectivity index (χ0n) is 31.7. The third kappa shape index (κ3) is 4.26. The maximum atomic E-state index is 8.88. The lowest BCUT2D eigenvalue weighted by atomic mass is 10.1. The fourth-order valence-electron chi connectivity index (χ4n) is 7.25. The molecule has 0 radical (unpaired) electrons. The van der Waals surface area contributed by atoms with Crippen molar-refractivity contribution in [2.75, 3.05) is 0 Å². The van der Waals surface area contributed by atoms with Crippen LogP contribution in [0.2, 0.25) is 0 Å². The highest BCUT2D eigenvalue weighted by atomic mass is 16.3. The van der Waals surface area contributed by atoms with Crippen molar-refractivity contribution in [2.24, 2.45) is 0 Å². The molecule has 0 aliphatic heterocycles. The molecule has 0 fully saturated rings. The van der Waals surface area contributed by atoms with Crippen LogP contribution in [0.4, 0.5) is 0 Å². The Hall–Kier alpha value is -7.05. The first-order valence-corrected chi connectivity index (χ1v) is 16.5. The SMILES string of the molecule is [2H]c1c([2H])c([2H])c(-n2c3ccccc3c3ccc(-c4nc(-c5ccc6c(c5)oc5ccccc56)nc(-c5cccc6c5oc5ccccc56)n4)cc32)c([2H])c1[2H]. The van der Waals surface area contributed by atoms with Crippen LogP contribution in [0.3, 0.4) is 0 Å². The fourth-order valence-corrected chi connectivity index (χ4v) is 7.25. The van der Waals surface area contributed by atoms with E-state index in [1.165, 1.54) is 0 Å². The summed E-state index contributed by atoms with van der Waals surface area (Å²) < 4.78 is 57.3. The molecule has 0 aliphatic carbocycles. The topological polar surface area (TPSA) is 69.9 Å². The summed E-state index contributed by atoms with van der Waals surface area (Å²) in [5, 5.41) is 5.64. The molecule has 4 aromatic heterocycles. The number of para-hydroxylation sites is 5. The normalized spacial score (nSPS) is 13.3. The number of hydrogen-bond donors (Lipinski definition) is 0. The molecule has 6 nitrogen and oxygen atoms in total. The van der Waals surface area contributed by atoms with Gasteiger partial charge in [-0.3, -0.25) is 0 Å². The van der Waals surface area contributed by atoms with Gasteiger partial charge in [0.25, 0.3) is 0 Å². The lowest BCUT2D eigenvalue weighted by Crippen LogP contribution is -2.01. The Morgan fingerprint density at radius 1 is 0.451 bits per heavy atom. The van der Waals surface area contributed by atoms with Crippen LogP contribution in [0, 0.1) is 0 Å². The molecule has 11 aromatic rings. The van der Waals surface area contributed by atoms with E-state index in [1.54, 1.807) is 4.57 Å². The summed E-state index contributed by atoms with van der Waals surface area (Å²) in [5.41, 5.74) is 6.36. The van der Waals surface area contributed by atoms with Crippen molar-refractivity contribution < 1.29 is 15.7 Å². The highest BCUT2D eigenvalue weighted by molar-refractivity contribution is 6.11. The number of hydrogen-bond acceptors (Lipinski definition) is 5. The van der Waals surface area contributed by atoms with Crippen molar-refractivity contribution in [3.05, 3.63) is 158 Å². The second-order valence-electron chi connectivity index (χ2n) is 12.5.